The van der Waals surface area contributed by atoms with Crippen LogP contribution in [0.4, 0.5) is 0 Å². The van der Waals surface area contributed by atoms with Crippen LogP contribution in [-0.2, 0) is 0 Å². The minimum Gasteiger partial charge on any atom is -0.393 e. The van der Waals surface area contributed by atoms with E-state index in [-0.39, 0.29) is 17.9 Å². The van der Waals surface area contributed by atoms with Crippen LogP contribution in [0, 0.1) is 5.92 Å². The molecule has 1 aromatic heterocycles. The van der Waals surface area contributed by atoms with Gasteiger partial charge in [0.1, 0.15) is 5.69 Å². The van der Waals surface area contributed by atoms with Crippen LogP contribution in [0.5, 0.6) is 0 Å². The molecular formula is C17H20N2O2. The van der Waals surface area contributed by atoms with Crippen LogP contribution in [0.15, 0.2) is 36.5 Å². The highest BCUT2D eigenvalue weighted by Gasteiger charge is 2.28. The first kappa shape index (κ1) is 14.0. The van der Waals surface area contributed by atoms with Crippen molar-refractivity contribution in [3.63, 3.8) is 0 Å². The second-order valence-electron chi connectivity index (χ2n) is 5.77. The number of likely N-dealkylation sites (tertiary alicyclic amines) is 1. The smallest absolute Gasteiger partial charge is 0.273 e. The number of carbonyl (C=O) groups is 1. The van der Waals surface area contributed by atoms with Crippen LogP contribution in [-0.4, -0.2) is 40.1 Å². The minimum atomic E-state index is -0.374. The van der Waals surface area contributed by atoms with Gasteiger partial charge < -0.3 is 10.0 Å². The van der Waals surface area contributed by atoms with Crippen LogP contribution < -0.4 is 0 Å². The third-order valence-corrected chi connectivity index (χ3v) is 4.30. The Labute approximate surface area is 124 Å². The van der Waals surface area contributed by atoms with Gasteiger partial charge in [0.15, 0.2) is 0 Å². The second kappa shape index (κ2) is 5.82. The molecule has 4 nitrogen and oxygen atoms in total. The number of amides is 1. The van der Waals surface area contributed by atoms with Crippen molar-refractivity contribution in [3.05, 3.63) is 42.2 Å². The molecule has 1 amide bonds. The number of fused-ring (bicyclic) bond motifs is 1. The Hall–Kier alpha value is -1.94. The van der Waals surface area contributed by atoms with E-state index in [2.05, 4.69) is 4.98 Å². The molecule has 1 saturated heterocycles. The Kier molecular flexibility index (Phi) is 3.88. The van der Waals surface area contributed by atoms with Gasteiger partial charge in [0.25, 0.3) is 5.91 Å². The van der Waals surface area contributed by atoms with Gasteiger partial charge in [-0.1, -0.05) is 24.3 Å². The van der Waals surface area contributed by atoms with Gasteiger partial charge in [-0.3, -0.25) is 9.78 Å². The number of aromatic nitrogens is 1. The third-order valence-electron chi connectivity index (χ3n) is 4.30. The molecule has 3 rings (SSSR count). The predicted molar refractivity (Wildman–Crippen MR) is 82.1 cm³/mol. The number of carbonyl (C=O) groups excluding carboxylic acids is 1. The van der Waals surface area contributed by atoms with Crippen LogP contribution in [0.3, 0.4) is 0 Å². The SMILES string of the molecule is CC(O)C1CCCN(C(=O)c2nccc3ccccc23)C1. The average Bonchev–Trinajstić information content (AvgIpc) is 2.53. The summed E-state index contributed by atoms with van der Waals surface area (Å²) in [5, 5.41) is 11.7. The number of rotatable bonds is 2. The first-order valence-electron chi connectivity index (χ1n) is 7.48. The topological polar surface area (TPSA) is 53.4 Å². The minimum absolute atomic E-state index is 0.0304. The summed E-state index contributed by atoms with van der Waals surface area (Å²) in [6.07, 6.45) is 3.23. The van der Waals surface area contributed by atoms with Crippen LogP contribution >= 0.6 is 0 Å². The van der Waals surface area contributed by atoms with Crippen molar-refractivity contribution < 1.29 is 9.90 Å². The van der Waals surface area contributed by atoms with Gasteiger partial charge in [-0.15, -0.1) is 0 Å². The molecule has 1 aliphatic rings. The Morgan fingerprint density at radius 1 is 1.38 bits per heavy atom. The number of aliphatic hydroxyl groups excluding tert-OH is 1. The number of hydrogen-bond donors (Lipinski definition) is 1. The van der Waals surface area contributed by atoms with Crippen LogP contribution in [0.25, 0.3) is 10.8 Å². The fourth-order valence-electron chi connectivity index (χ4n) is 3.03. The van der Waals surface area contributed by atoms with Gasteiger partial charge in [-0.2, -0.15) is 0 Å². The molecule has 0 bridgehead atoms. The van der Waals surface area contributed by atoms with Gasteiger partial charge in [-0.25, -0.2) is 0 Å². The first-order chi connectivity index (χ1) is 10.2. The summed E-state index contributed by atoms with van der Waals surface area (Å²) in [5.41, 5.74) is 0.513. The monoisotopic (exact) mass is 284 g/mol. The van der Waals surface area contributed by atoms with E-state index in [4.69, 9.17) is 0 Å². The predicted octanol–water partition coefficient (Wildman–Crippen LogP) is 2.47. The second-order valence-corrected chi connectivity index (χ2v) is 5.77. The van der Waals surface area contributed by atoms with Crippen molar-refractivity contribution in [2.45, 2.75) is 25.9 Å². The van der Waals surface area contributed by atoms with Crippen LogP contribution in [0.2, 0.25) is 0 Å². The number of pyridine rings is 1. The number of piperidine rings is 1. The standard InChI is InChI=1S/C17H20N2O2/c1-12(20)14-6-4-10-19(11-14)17(21)16-15-7-3-2-5-13(15)8-9-18-16/h2-3,5,7-9,12,14,20H,4,6,10-11H2,1H3. The van der Waals surface area contributed by atoms with Crippen LogP contribution in [0.1, 0.15) is 30.3 Å². The molecule has 110 valence electrons. The Morgan fingerprint density at radius 3 is 3.00 bits per heavy atom. The molecule has 2 unspecified atom stereocenters. The number of benzene rings is 1. The summed E-state index contributed by atoms with van der Waals surface area (Å²) in [7, 11) is 0. The number of aliphatic hydroxyl groups is 1. The van der Waals surface area contributed by atoms with Crippen molar-refractivity contribution in [1.82, 2.24) is 9.88 Å². The number of nitrogens with zero attached hydrogens (tertiary/aromatic N) is 2. The average molecular weight is 284 g/mol. The van der Waals surface area contributed by atoms with Crippen molar-refractivity contribution in [2.24, 2.45) is 5.92 Å². The highest BCUT2D eigenvalue weighted by molar-refractivity contribution is 6.05. The molecule has 21 heavy (non-hydrogen) atoms. The molecule has 1 aromatic carbocycles. The van der Waals surface area contributed by atoms with E-state index in [1.165, 1.54) is 0 Å². The van der Waals surface area contributed by atoms with E-state index >= 15 is 0 Å². The molecule has 2 atom stereocenters. The molecule has 0 saturated carbocycles. The number of hydrogen-bond acceptors (Lipinski definition) is 3. The molecule has 1 aliphatic heterocycles. The van der Waals surface area contributed by atoms with Crippen molar-refractivity contribution >= 4 is 16.7 Å². The summed E-state index contributed by atoms with van der Waals surface area (Å²) in [4.78, 5) is 18.9. The lowest BCUT2D eigenvalue weighted by Crippen LogP contribution is -2.43. The maximum absolute atomic E-state index is 12.8. The van der Waals surface area contributed by atoms with Gasteiger partial charge in [-0.05, 0) is 31.2 Å². The molecule has 0 radical (unpaired) electrons. The lowest BCUT2D eigenvalue weighted by atomic mass is 9.93. The maximum atomic E-state index is 12.8. The normalized spacial score (nSPS) is 20.5. The highest BCUT2D eigenvalue weighted by atomic mass is 16.3. The van der Waals surface area contributed by atoms with Gasteiger partial charge in [0.05, 0.1) is 6.10 Å². The maximum Gasteiger partial charge on any atom is 0.273 e. The fraction of sp³-hybridized carbons (Fsp3) is 0.412. The van der Waals surface area contributed by atoms with E-state index in [0.717, 1.165) is 30.2 Å². The molecule has 2 aromatic rings. The zero-order valence-electron chi connectivity index (χ0n) is 12.2. The van der Waals surface area contributed by atoms with Gasteiger partial charge >= 0.3 is 0 Å². The molecular weight excluding hydrogens is 264 g/mol. The summed E-state index contributed by atoms with van der Waals surface area (Å²) in [5.74, 6) is 0.134. The van der Waals surface area contributed by atoms with E-state index in [1.54, 1.807) is 13.1 Å². The first-order valence-corrected chi connectivity index (χ1v) is 7.48. The van der Waals surface area contributed by atoms with E-state index in [0.29, 0.717) is 12.2 Å². The van der Waals surface area contributed by atoms with E-state index in [9.17, 15) is 9.90 Å². The summed E-state index contributed by atoms with van der Waals surface area (Å²) >= 11 is 0. The molecule has 0 spiro atoms. The molecule has 1 fully saturated rings. The largest absolute Gasteiger partial charge is 0.393 e. The Balaban J connectivity index is 1.90. The van der Waals surface area contributed by atoms with E-state index < -0.39 is 0 Å². The lowest BCUT2D eigenvalue weighted by Gasteiger charge is -2.34. The zero-order valence-corrected chi connectivity index (χ0v) is 12.2. The molecule has 4 heteroatoms. The van der Waals surface area contributed by atoms with Gasteiger partial charge in [0, 0.05) is 30.6 Å². The van der Waals surface area contributed by atoms with E-state index in [1.807, 2.05) is 35.2 Å². The fourth-order valence-corrected chi connectivity index (χ4v) is 3.03. The quantitative estimate of drug-likeness (QED) is 0.921. The Morgan fingerprint density at radius 2 is 2.19 bits per heavy atom. The highest BCUT2D eigenvalue weighted by Crippen LogP contribution is 2.23. The summed E-state index contributed by atoms with van der Waals surface area (Å²) in [6, 6.07) is 9.73. The molecule has 0 aliphatic carbocycles. The van der Waals surface area contributed by atoms with Crippen molar-refractivity contribution in [3.8, 4) is 0 Å². The third kappa shape index (κ3) is 2.76. The van der Waals surface area contributed by atoms with Crippen molar-refractivity contribution in [1.29, 1.82) is 0 Å². The summed E-state index contributed by atoms with van der Waals surface area (Å²) < 4.78 is 0. The van der Waals surface area contributed by atoms with Gasteiger partial charge in [0.2, 0.25) is 0 Å². The summed E-state index contributed by atoms with van der Waals surface area (Å²) in [6.45, 7) is 3.16. The molecule has 2 heterocycles. The Bertz CT molecular complexity index is 649. The van der Waals surface area contributed by atoms with Crippen molar-refractivity contribution in [2.75, 3.05) is 13.1 Å². The molecule has 1 N–H and O–H groups in total. The zero-order chi connectivity index (χ0) is 14.8. The lowest BCUT2D eigenvalue weighted by molar-refractivity contribution is 0.0463.